The monoisotopic (exact) mass is 284 g/mol. The largest absolute Gasteiger partial charge is 0.462 e. The number of rotatable bonds is 6. The molecule has 0 aliphatic carbocycles. The minimum Gasteiger partial charge on any atom is -0.462 e. The van der Waals surface area contributed by atoms with Gasteiger partial charge in [0.1, 0.15) is 5.56 Å². The Morgan fingerprint density at radius 2 is 1.95 bits per heavy atom. The number of hydrogen-bond donors (Lipinski definition) is 0. The van der Waals surface area contributed by atoms with Crippen LogP contribution in [0.25, 0.3) is 0 Å². The van der Waals surface area contributed by atoms with Gasteiger partial charge in [0, 0.05) is 13.1 Å². The number of nitro groups is 1. The van der Waals surface area contributed by atoms with E-state index in [1.165, 1.54) is 6.07 Å². The van der Waals surface area contributed by atoms with Gasteiger partial charge in [0.2, 0.25) is 0 Å². The molecule has 0 heterocycles. The maximum absolute atomic E-state index is 14.0. The number of benzene rings is 1. The normalized spacial score (nSPS) is 10.2. The fraction of sp³-hybridized carbons (Fsp3) is 0.462. The minimum atomic E-state index is -0.826. The Balaban J connectivity index is 3.41. The molecule has 0 saturated heterocycles. The van der Waals surface area contributed by atoms with Crippen molar-refractivity contribution in [3.05, 3.63) is 33.6 Å². The lowest BCUT2D eigenvalue weighted by Crippen LogP contribution is -2.23. The van der Waals surface area contributed by atoms with Crippen LogP contribution in [-0.4, -0.2) is 30.6 Å². The lowest BCUT2D eigenvalue weighted by atomic mass is 10.1. The van der Waals surface area contributed by atoms with Gasteiger partial charge in [-0.1, -0.05) is 0 Å². The second kappa shape index (κ2) is 6.83. The van der Waals surface area contributed by atoms with E-state index in [1.54, 1.807) is 11.8 Å². The molecule has 6 nitrogen and oxygen atoms in total. The molecule has 0 amide bonds. The highest BCUT2D eigenvalue weighted by Crippen LogP contribution is 2.29. The fourth-order valence-electron chi connectivity index (χ4n) is 1.88. The van der Waals surface area contributed by atoms with Crippen LogP contribution in [0, 0.1) is 15.9 Å². The van der Waals surface area contributed by atoms with E-state index in [2.05, 4.69) is 0 Å². The highest BCUT2D eigenvalue weighted by atomic mass is 19.1. The summed E-state index contributed by atoms with van der Waals surface area (Å²) in [6, 6.07) is 1.94. The first kappa shape index (κ1) is 15.9. The van der Waals surface area contributed by atoms with Crippen LogP contribution in [0.2, 0.25) is 0 Å². The molecule has 0 aliphatic heterocycles. The predicted octanol–water partition coefficient (Wildman–Crippen LogP) is 2.76. The van der Waals surface area contributed by atoms with Crippen molar-refractivity contribution < 1.29 is 18.8 Å². The first-order chi connectivity index (χ1) is 9.46. The molecule has 1 aromatic rings. The first-order valence-electron chi connectivity index (χ1n) is 6.36. The number of nitrogens with zero attached hydrogens (tertiary/aromatic N) is 2. The molecule has 0 fully saturated rings. The fourth-order valence-corrected chi connectivity index (χ4v) is 1.88. The van der Waals surface area contributed by atoms with E-state index in [0.717, 1.165) is 6.07 Å². The molecule has 0 spiro atoms. The summed E-state index contributed by atoms with van der Waals surface area (Å²) >= 11 is 0. The van der Waals surface area contributed by atoms with Crippen LogP contribution in [0.3, 0.4) is 0 Å². The molecule has 7 heteroatoms. The van der Waals surface area contributed by atoms with Crippen LogP contribution < -0.4 is 4.90 Å². The molecule has 0 atom stereocenters. The van der Waals surface area contributed by atoms with Gasteiger partial charge in [0.25, 0.3) is 5.69 Å². The maximum atomic E-state index is 14.0. The lowest BCUT2D eigenvalue weighted by Gasteiger charge is -2.22. The van der Waals surface area contributed by atoms with Gasteiger partial charge in [0.05, 0.1) is 23.3 Å². The number of ether oxygens (including phenoxy) is 1. The second-order valence-corrected chi connectivity index (χ2v) is 3.97. The van der Waals surface area contributed by atoms with Crippen molar-refractivity contribution >= 4 is 17.3 Å². The minimum absolute atomic E-state index is 0.0912. The number of halogens is 1. The van der Waals surface area contributed by atoms with Gasteiger partial charge in [-0.05, 0) is 26.8 Å². The van der Waals surface area contributed by atoms with Crippen LogP contribution in [0.5, 0.6) is 0 Å². The van der Waals surface area contributed by atoms with Crippen molar-refractivity contribution in [3.63, 3.8) is 0 Å². The molecule has 0 bridgehead atoms. The summed E-state index contributed by atoms with van der Waals surface area (Å²) in [5, 5.41) is 10.9. The molecule has 0 aliphatic rings. The van der Waals surface area contributed by atoms with Gasteiger partial charge >= 0.3 is 5.97 Å². The van der Waals surface area contributed by atoms with Crippen LogP contribution in [0.15, 0.2) is 12.1 Å². The number of nitro benzene ring substituents is 1. The van der Waals surface area contributed by atoms with Crippen molar-refractivity contribution in [2.75, 3.05) is 24.6 Å². The molecule has 0 unspecified atom stereocenters. The summed E-state index contributed by atoms with van der Waals surface area (Å²) in [7, 11) is 0. The zero-order valence-electron chi connectivity index (χ0n) is 11.7. The summed E-state index contributed by atoms with van der Waals surface area (Å²) in [6.45, 7) is 6.39. The third-order valence-electron chi connectivity index (χ3n) is 2.86. The summed E-state index contributed by atoms with van der Waals surface area (Å²) < 4.78 is 18.7. The van der Waals surface area contributed by atoms with Crippen molar-refractivity contribution in [1.29, 1.82) is 0 Å². The molecular formula is C13H17FN2O4. The Hall–Kier alpha value is -2.18. The molecule has 0 N–H and O–H groups in total. The van der Waals surface area contributed by atoms with Crippen LogP contribution in [-0.2, 0) is 4.74 Å². The van der Waals surface area contributed by atoms with Crippen molar-refractivity contribution in [3.8, 4) is 0 Å². The van der Waals surface area contributed by atoms with E-state index in [9.17, 15) is 19.3 Å². The van der Waals surface area contributed by atoms with E-state index in [1.807, 2.05) is 13.8 Å². The lowest BCUT2D eigenvalue weighted by molar-refractivity contribution is -0.385. The molecule has 1 aromatic carbocycles. The molecule has 0 saturated carbocycles. The highest BCUT2D eigenvalue weighted by Gasteiger charge is 2.25. The van der Waals surface area contributed by atoms with E-state index in [-0.39, 0.29) is 17.9 Å². The van der Waals surface area contributed by atoms with E-state index < -0.39 is 22.4 Å². The molecule has 20 heavy (non-hydrogen) atoms. The van der Waals surface area contributed by atoms with Gasteiger partial charge in [-0.15, -0.1) is 0 Å². The Morgan fingerprint density at radius 1 is 1.35 bits per heavy atom. The highest BCUT2D eigenvalue weighted by molar-refractivity contribution is 5.95. The molecule has 0 aromatic heterocycles. The SMILES string of the molecule is CCOC(=O)c1cc(N(CC)CC)c(F)cc1[N+](=O)[O-]. The topological polar surface area (TPSA) is 72.7 Å². The van der Waals surface area contributed by atoms with Gasteiger partial charge in [-0.2, -0.15) is 0 Å². The predicted molar refractivity (Wildman–Crippen MR) is 72.6 cm³/mol. The van der Waals surface area contributed by atoms with Gasteiger partial charge < -0.3 is 9.64 Å². The average Bonchev–Trinajstić information content (AvgIpc) is 2.41. The standard InChI is InChI=1S/C13H17FN2O4/c1-4-15(5-2)12-7-9(13(17)20-6-3)11(16(18)19)8-10(12)14/h7-8H,4-6H2,1-3H3. The van der Waals surface area contributed by atoms with Crippen molar-refractivity contribution in [1.82, 2.24) is 0 Å². The molecule has 0 radical (unpaired) electrons. The number of carbonyl (C=O) groups excluding carboxylic acids is 1. The van der Waals surface area contributed by atoms with Crippen molar-refractivity contribution in [2.24, 2.45) is 0 Å². The number of carbonyl (C=O) groups is 1. The Kier molecular flexibility index (Phi) is 5.42. The molecular weight excluding hydrogens is 267 g/mol. The maximum Gasteiger partial charge on any atom is 0.345 e. The zero-order valence-corrected chi connectivity index (χ0v) is 11.7. The number of esters is 1. The summed E-state index contributed by atoms with van der Waals surface area (Å²) in [4.78, 5) is 23.6. The van der Waals surface area contributed by atoms with Crippen molar-refractivity contribution in [2.45, 2.75) is 20.8 Å². The van der Waals surface area contributed by atoms with Gasteiger partial charge in [0.15, 0.2) is 5.82 Å². The Labute approximate surface area is 116 Å². The molecule has 1 rings (SSSR count). The summed E-state index contributed by atoms with van der Waals surface area (Å²) in [6.07, 6.45) is 0. The first-order valence-corrected chi connectivity index (χ1v) is 6.36. The average molecular weight is 284 g/mol. The van der Waals surface area contributed by atoms with E-state index >= 15 is 0 Å². The van der Waals surface area contributed by atoms with E-state index in [4.69, 9.17) is 4.74 Å². The summed E-state index contributed by atoms with van der Waals surface area (Å²) in [5.41, 5.74) is -0.666. The van der Waals surface area contributed by atoms with Crippen LogP contribution in [0.1, 0.15) is 31.1 Å². The second-order valence-electron chi connectivity index (χ2n) is 3.97. The molecule has 110 valence electrons. The van der Waals surface area contributed by atoms with Crippen LogP contribution >= 0.6 is 0 Å². The smallest absolute Gasteiger partial charge is 0.345 e. The third kappa shape index (κ3) is 3.23. The Bertz CT molecular complexity index is 515. The van der Waals surface area contributed by atoms with Crippen LogP contribution in [0.4, 0.5) is 15.8 Å². The van der Waals surface area contributed by atoms with Gasteiger partial charge in [-0.3, -0.25) is 10.1 Å². The number of hydrogen-bond acceptors (Lipinski definition) is 5. The van der Waals surface area contributed by atoms with Gasteiger partial charge in [-0.25, -0.2) is 9.18 Å². The third-order valence-corrected chi connectivity index (χ3v) is 2.86. The number of anilines is 1. The zero-order chi connectivity index (χ0) is 15.3. The Morgan fingerprint density at radius 3 is 2.40 bits per heavy atom. The summed E-state index contributed by atoms with van der Waals surface area (Å²) in [5.74, 6) is -1.55. The quantitative estimate of drug-likeness (QED) is 0.456. The van der Waals surface area contributed by atoms with E-state index in [0.29, 0.717) is 13.1 Å².